The Hall–Kier alpha value is -3.19. The molecule has 0 aliphatic rings. The minimum atomic E-state index is -0.577. The van der Waals surface area contributed by atoms with Gasteiger partial charge in [0.2, 0.25) is 0 Å². The lowest BCUT2D eigenvalue weighted by atomic mass is 10.2. The lowest BCUT2D eigenvalue weighted by molar-refractivity contribution is 0.0600. The third-order valence-electron chi connectivity index (χ3n) is 3.38. The van der Waals surface area contributed by atoms with Crippen molar-refractivity contribution >= 4 is 29.2 Å². The SMILES string of the molecule is COC(=O)c1cc(NC(=O)c2ccc(-n3cccn3)nc2)ccc1Cl. The van der Waals surface area contributed by atoms with Crippen LogP contribution in [0.25, 0.3) is 5.82 Å². The lowest BCUT2D eigenvalue weighted by Crippen LogP contribution is -2.13. The van der Waals surface area contributed by atoms with E-state index in [0.717, 1.165) is 0 Å². The molecule has 3 aromatic rings. The van der Waals surface area contributed by atoms with E-state index in [9.17, 15) is 9.59 Å². The fourth-order valence-corrected chi connectivity index (χ4v) is 2.33. The molecule has 0 aliphatic heterocycles. The van der Waals surface area contributed by atoms with Gasteiger partial charge in [0.05, 0.1) is 23.3 Å². The highest BCUT2D eigenvalue weighted by Crippen LogP contribution is 2.22. The van der Waals surface area contributed by atoms with Crippen molar-refractivity contribution in [2.24, 2.45) is 0 Å². The van der Waals surface area contributed by atoms with E-state index in [1.165, 1.54) is 25.4 Å². The standard InChI is InChI=1S/C17H13ClN4O3/c1-25-17(24)13-9-12(4-5-14(13)18)21-16(23)11-3-6-15(19-10-11)22-8-2-7-20-22/h2-10H,1H3,(H,21,23). The molecule has 3 rings (SSSR count). The molecule has 1 amide bonds. The molecule has 0 radical (unpaired) electrons. The number of carbonyl (C=O) groups is 2. The first-order valence-corrected chi connectivity index (χ1v) is 7.61. The van der Waals surface area contributed by atoms with Gasteiger partial charge in [0.15, 0.2) is 5.82 Å². The number of pyridine rings is 1. The first kappa shape index (κ1) is 16.7. The predicted octanol–water partition coefficient (Wildman–Crippen LogP) is 2.96. The van der Waals surface area contributed by atoms with Crippen molar-refractivity contribution in [3.05, 3.63) is 71.1 Å². The van der Waals surface area contributed by atoms with Crippen LogP contribution in [0.1, 0.15) is 20.7 Å². The van der Waals surface area contributed by atoms with Gasteiger partial charge in [0, 0.05) is 24.3 Å². The van der Waals surface area contributed by atoms with E-state index >= 15 is 0 Å². The maximum atomic E-state index is 12.3. The zero-order valence-corrected chi connectivity index (χ0v) is 13.9. The molecule has 0 saturated heterocycles. The van der Waals surface area contributed by atoms with Crippen LogP contribution in [0.3, 0.4) is 0 Å². The smallest absolute Gasteiger partial charge is 0.339 e. The first-order valence-electron chi connectivity index (χ1n) is 7.24. The summed E-state index contributed by atoms with van der Waals surface area (Å²) in [6.07, 6.45) is 4.84. The van der Waals surface area contributed by atoms with Crippen LogP contribution in [0.15, 0.2) is 55.0 Å². The van der Waals surface area contributed by atoms with E-state index in [4.69, 9.17) is 11.6 Å². The van der Waals surface area contributed by atoms with Crippen LogP contribution in [0.2, 0.25) is 5.02 Å². The number of aromatic nitrogens is 3. The first-order chi connectivity index (χ1) is 12.1. The number of ether oxygens (including phenoxy) is 1. The van der Waals surface area contributed by atoms with Crippen LogP contribution >= 0.6 is 11.6 Å². The zero-order valence-electron chi connectivity index (χ0n) is 13.1. The van der Waals surface area contributed by atoms with E-state index in [2.05, 4.69) is 20.1 Å². The van der Waals surface area contributed by atoms with Crippen molar-refractivity contribution in [2.45, 2.75) is 0 Å². The molecule has 1 N–H and O–H groups in total. The molecule has 2 heterocycles. The second-order valence-electron chi connectivity index (χ2n) is 5.00. The molecule has 1 aromatic carbocycles. The topological polar surface area (TPSA) is 86.1 Å². The molecular formula is C17H13ClN4O3. The Bertz CT molecular complexity index is 908. The molecule has 0 aliphatic carbocycles. The molecule has 0 spiro atoms. The Balaban J connectivity index is 1.77. The lowest BCUT2D eigenvalue weighted by Gasteiger charge is -2.08. The molecule has 126 valence electrons. The second kappa shape index (κ2) is 7.14. The fourth-order valence-electron chi connectivity index (χ4n) is 2.13. The van der Waals surface area contributed by atoms with Gasteiger partial charge in [-0.25, -0.2) is 14.5 Å². The number of anilines is 1. The van der Waals surface area contributed by atoms with Gasteiger partial charge >= 0.3 is 5.97 Å². The molecule has 25 heavy (non-hydrogen) atoms. The zero-order chi connectivity index (χ0) is 17.8. The summed E-state index contributed by atoms with van der Waals surface area (Å²) in [4.78, 5) is 28.2. The summed E-state index contributed by atoms with van der Waals surface area (Å²) in [5.74, 6) is -0.343. The average Bonchev–Trinajstić information content (AvgIpc) is 3.17. The summed E-state index contributed by atoms with van der Waals surface area (Å²) < 4.78 is 6.24. The third-order valence-corrected chi connectivity index (χ3v) is 3.71. The highest BCUT2D eigenvalue weighted by atomic mass is 35.5. The fraction of sp³-hybridized carbons (Fsp3) is 0.0588. The van der Waals surface area contributed by atoms with Gasteiger partial charge in [-0.05, 0) is 36.4 Å². The second-order valence-corrected chi connectivity index (χ2v) is 5.40. The summed E-state index contributed by atoms with van der Waals surface area (Å²) >= 11 is 5.96. The summed E-state index contributed by atoms with van der Waals surface area (Å²) in [5.41, 5.74) is 0.963. The van der Waals surface area contributed by atoms with Crippen molar-refractivity contribution in [3.8, 4) is 5.82 Å². The minimum Gasteiger partial charge on any atom is -0.465 e. The number of amides is 1. The molecule has 7 nitrogen and oxygen atoms in total. The largest absolute Gasteiger partial charge is 0.465 e. The Kier molecular flexibility index (Phi) is 4.76. The molecule has 8 heteroatoms. The van der Waals surface area contributed by atoms with Gasteiger partial charge in [-0.1, -0.05) is 11.6 Å². The molecule has 0 unspecified atom stereocenters. The summed E-state index contributed by atoms with van der Waals surface area (Å²) in [5, 5.41) is 7.01. The average molecular weight is 357 g/mol. The molecule has 0 saturated carbocycles. The molecule has 0 bridgehead atoms. The van der Waals surface area contributed by atoms with Gasteiger partial charge in [-0.3, -0.25) is 4.79 Å². The van der Waals surface area contributed by atoms with E-state index < -0.39 is 5.97 Å². The van der Waals surface area contributed by atoms with Crippen LogP contribution in [0, 0.1) is 0 Å². The number of nitrogens with one attached hydrogen (secondary N) is 1. The quantitative estimate of drug-likeness (QED) is 0.726. The van der Waals surface area contributed by atoms with Crippen molar-refractivity contribution < 1.29 is 14.3 Å². The maximum Gasteiger partial charge on any atom is 0.339 e. The summed E-state index contributed by atoms with van der Waals surface area (Å²) in [6.45, 7) is 0. The predicted molar refractivity (Wildman–Crippen MR) is 92.1 cm³/mol. The Morgan fingerprint density at radius 1 is 1.24 bits per heavy atom. The van der Waals surface area contributed by atoms with E-state index in [0.29, 0.717) is 17.1 Å². The number of esters is 1. The van der Waals surface area contributed by atoms with Gasteiger partial charge < -0.3 is 10.1 Å². The van der Waals surface area contributed by atoms with Crippen LogP contribution in [0.4, 0.5) is 5.69 Å². The Morgan fingerprint density at radius 3 is 2.72 bits per heavy atom. The van der Waals surface area contributed by atoms with Crippen molar-refractivity contribution in [3.63, 3.8) is 0 Å². The van der Waals surface area contributed by atoms with Crippen molar-refractivity contribution in [2.75, 3.05) is 12.4 Å². The van der Waals surface area contributed by atoms with Gasteiger partial charge in [0.1, 0.15) is 0 Å². The van der Waals surface area contributed by atoms with Gasteiger partial charge in [-0.2, -0.15) is 5.10 Å². The van der Waals surface area contributed by atoms with Crippen molar-refractivity contribution in [1.29, 1.82) is 0 Å². The van der Waals surface area contributed by atoms with E-state index in [1.807, 2.05) is 0 Å². The number of hydrogen-bond acceptors (Lipinski definition) is 5. The molecular weight excluding hydrogens is 344 g/mol. The number of nitrogens with zero attached hydrogens (tertiary/aromatic N) is 3. The van der Waals surface area contributed by atoms with E-state index in [-0.39, 0.29) is 16.5 Å². The van der Waals surface area contributed by atoms with Gasteiger partial charge in [0.25, 0.3) is 5.91 Å². The highest BCUT2D eigenvalue weighted by Gasteiger charge is 2.13. The number of halogens is 1. The van der Waals surface area contributed by atoms with E-state index in [1.54, 1.807) is 41.3 Å². The number of rotatable bonds is 4. The van der Waals surface area contributed by atoms with Crippen molar-refractivity contribution in [1.82, 2.24) is 14.8 Å². The molecule has 0 fully saturated rings. The van der Waals surface area contributed by atoms with Crippen LogP contribution in [0.5, 0.6) is 0 Å². The highest BCUT2D eigenvalue weighted by molar-refractivity contribution is 6.33. The normalized spacial score (nSPS) is 10.3. The Morgan fingerprint density at radius 2 is 2.08 bits per heavy atom. The minimum absolute atomic E-state index is 0.175. The van der Waals surface area contributed by atoms with Crippen LogP contribution in [-0.2, 0) is 4.74 Å². The number of hydrogen-bond donors (Lipinski definition) is 1. The summed E-state index contributed by atoms with van der Waals surface area (Å²) in [7, 11) is 1.26. The molecule has 0 atom stereocenters. The monoisotopic (exact) mass is 356 g/mol. The maximum absolute atomic E-state index is 12.3. The number of benzene rings is 1. The van der Waals surface area contributed by atoms with Crippen LogP contribution < -0.4 is 5.32 Å². The van der Waals surface area contributed by atoms with Gasteiger partial charge in [-0.15, -0.1) is 0 Å². The number of carbonyl (C=O) groups excluding carboxylic acids is 2. The van der Waals surface area contributed by atoms with Crippen LogP contribution in [-0.4, -0.2) is 33.8 Å². The third kappa shape index (κ3) is 3.67. The Labute approximate surface area is 148 Å². The summed E-state index contributed by atoms with van der Waals surface area (Å²) in [6, 6.07) is 9.67. The molecule has 2 aromatic heterocycles. The number of methoxy groups -OCH3 is 1.